The van der Waals surface area contributed by atoms with Gasteiger partial charge in [-0.1, -0.05) is 6.07 Å². The summed E-state index contributed by atoms with van der Waals surface area (Å²) in [4.78, 5) is 61.3. The van der Waals surface area contributed by atoms with Crippen LogP contribution in [-0.2, 0) is 41.4 Å². The Kier molecular flexibility index (Phi) is 7.32. The van der Waals surface area contributed by atoms with E-state index in [1.165, 1.54) is 23.8 Å². The maximum absolute atomic E-state index is 12.7. The zero-order valence-electron chi connectivity index (χ0n) is 19.9. The summed E-state index contributed by atoms with van der Waals surface area (Å²) in [6.45, 7) is 0.283. The fourth-order valence-electron chi connectivity index (χ4n) is 4.30. The Labute approximate surface area is 206 Å². The molecule has 36 heavy (non-hydrogen) atoms. The van der Waals surface area contributed by atoms with E-state index in [1.54, 1.807) is 12.3 Å². The first kappa shape index (κ1) is 24.9. The molecular weight excluding hydrogens is 472 g/mol. The van der Waals surface area contributed by atoms with Gasteiger partial charge >= 0.3 is 18.0 Å². The van der Waals surface area contributed by atoms with Crippen LogP contribution in [0.15, 0.2) is 24.4 Å². The number of nitrogens with one attached hydrogen (secondary N) is 1. The number of amides is 2. The number of hydrogen-bond donors (Lipinski definition) is 1. The molecule has 1 aliphatic heterocycles. The summed E-state index contributed by atoms with van der Waals surface area (Å²) in [5, 5.41) is 6.78. The molecule has 0 saturated carbocycles. The minimum absolute atomic E-state index is 0.0634. The average Bonchev–Trinajstić information content (AvgIpc) is 3.40. The molecule has 1 unspecified atom stereocenters. The Morgan fingerprint density at radius 2 is 1.81 bits per heavy atom. The molecule has 1 aromatic heterocycles. The van der Waals surface area contributed by atoms with Crippen molar-refractivity contribution in [1.29, 1.82) is 0 Å². The molecule has 1 aliphatic carbocycles. The lowest BCUT2D eigenvalue weighted by molar-refractivity contribution is -0.144. The predicted molar refractivity (Wildman–Crippen MR) is 124 cm³/mol. The fraction of sp³-hybridized carbons (Fsp3) is 0.417. The van der Waals surface area contributed by atoms with Crippen LogP contribution >= 0.6 is 0 Å². The van der Waals surface area contributed by atoms with Crippen molar-refractivity contribution in [2.24, 2.45) is 0 Å². The van der Waals surface area contributed by atoms with Gasteiger partial charge in [-0.15, -0.1) is 0 Å². The van der Waals surface area contributed by atoms with Crippen LogP contribution in [-0.4, -0.2) is 73.0 Å². The maximum Gasteiger partial charge on any atom is 0.414 e. The molecule has 12 heteroatoms. The Balaban J connectivity index is 1.51. The molecule has 1 N–H and O–H groups in total. The van der Waals surface area contributed by atoms with Crippen LogP contribution in [0.2, 0.25) is 0 Å². The van der Waals surface area contributed by atoms with Gasteiger partial charge in [-0.3, -0.25) is 24.1 Å². The van der Waals surface area contributed by atoms with Gasteiger partial charge in [0.1, 0.15) is 18.9 Å². The number of rotatable bonds is 7. The fourth-order valence-corrected chi connectivity index (χ4v) is 4.30. The second-order valence-corrected chi connectivity index (χ2v) is 8.45. The minimum Gasteiger partial charge on any atom is -0.469 e. The molecule has 0 radical (unpaired) electrons. The van der Waals surface area contributed by atoms with Gasteiger partial charge in [0.2, 0.25) is 5.91 Å². The average molecular weight is 498 g/mol. The van der Waals surface area contributed by atoms with Crippen molar-refractivity contribution in [1.82, 2.24) is 15.1 Å². The first-order valence-corrected chi connectivity index (χ1v) is 11.4. The Morgan fingerprint density at radius 1 is 1.08 bits per heavy atom. The summed E-state index contributed by atoms with van der Waals surface area (Å²) < 4.78 is 15.7. The summed E-state index contributed by atoms with van der Waals surface area (Å²) in [5.74, 6) is -2.30. The summed E-state index contributed by atoms with van der Waals surface area (Å²) in [7, 11) is 2.42. The predicted octanol–water partition coefficient (Wildman–Crippen LogP) is 1.25. The number of anilines is 1. The summed E-state index contributed by atoms with van der Waals surface area (Å²) >= 11 is 0. The zero-order chi connectivity index (χ0) is 25.8. The molecule has 1 atom stereocenters. The van der Waals surface area contributed by atoms with Crippen molar-refractivity contribution in [3.63, 3.8) is 0 Å². The lowest BCUT2D eigenvalue weighted by atomic mass is 10.0. The number of nitrogens with zero attached hydrogens (tertiary/aromatic N) is 3. The van der Waals surface area contributed by atoms with E-state index in [1.807, 2.05) is 12.1 Å². The van der Waals surface area contributed by atoms with Gasteiger partial charge in [-0.25, -0.2) is 4.79 Å². The number of esters is 2. The maximum atomic E-state index is 12.7. The van der Waals surface area contributed by atoms with Crippen LogP contribution in [0.25, 0.3) is 11.3 Å². The van der Waals surface area contributed by atoms with Gasteiger partial charge in [0.05, 0.1) is 39.2 Å². The highest BCUT2D eigenvalue weighted by Crippen LogP contribution is 2.35. The molecule has 1 saturated heterocycles. The van der Waals surface area contributed by atoms with Crippen molar-refractivity contribution < 1.29 is 38.2 Å². The van der Waals surface area contributed by atoms with Crippen LogP contribution in [0, 0.1) is 0 Å². The Morgan fingerprint density at radius 3 is 2.56 bits per heavy atom. The van der Waals surface area contributed by atoms with Crippen LogP contribution in [0.3, 0.4) is 0 Å². The molecule has 1 fully saturated rings. The van der Waals surface area contributed by atoms with Gasteiger partial charge in [0.15, 0.2) is 0 Å². The van der Waals surface area contributed by atoms with E-state index < -0.39 is 48.8 Å². The molecule has 2 heterocycles. The Hall–Kier alpha value is -4.22. The molecule has 190 valence electrons. The van der Waals surface area contributed by atoms with E-state index in [9.17, 15) is 24.0 Å². The van der Waals surface area contributed by atoms with Gasteiger partial charge in [0.25, 0.3) is 5.91 Å². The number of fused-ring (bicyclic) bond motifs is 3. The molecule has 1 aromatic carbocycles. The largest absolute Gasteiger partial charge is 0.469 e. The lowest BCUT2D eigenvalue weighted by Gasteiger charge is -2.17. The minimum atomic E-state index is -0.654. The van der Waals surface area contributed by atoms with Crippen LogP contribution in [0.5, 0.6) is 0 Å². The molecule has 0 bridgehead atoms. The van der Waals surface area contributed by atoms with E-state index in [0.717, 1.165) is 29.5 Å². The monoisotopic (exact) mass is 498 g/mol. The topological polar surface area (TPSA) is 146 Å². The number of aryl methyl sites for hydroxylation is 2. The Bertz CT molecular complexity index is 1220. The van der Waals surface area contributed by atoms with Crippen LogP contribution in [0.4, 0.5) is 10.5 Å². The van der Waals surface area contributed by atoms with E-state index >= 15 is 0 Å². The molecule has 4 rings (SSSR count). The number of carbonyl (C=O) groups is 5. The van der Waals surface area contributed by atoms with Crippen molar-refractivity contribution in [3.8, 4) is 11.3 Å². The van der Waals surface area contributed by atoms with Gasteiger partial charge in [-0.05, 0) is 42.5 Å². The quantitative estimate of drug-likeness (QED) is 0.338. The molecule has 2 aromatic rings. The number of ether oxygens (including phenoxy) is 3. The molecule has 0 spiro atoms. The number of benzene rings is 1. The van der Waals surface area contributed by atoms with Crippen molar-refractivity contribution >= 4 is 35.5 Å². The summed E-state index contributed by atoms with van der Waals surface area (Å²) in [6, 6.07) is 5.47. The van der Waals surface area contributed by atoms with E-state index in [-0.39, 0.29) is 13.1 Å². The van der Waals surface area contributed by atoms with Gasteiger partial charge in [-0.2, -0.15) is 9.78 Å². The first-order valence-electron chi connectivity index (χ1n) is 11.4. The highest BCUT2D eigenvalue weighted by molar-refractivity contribution is 5.98. The van der Waals surface area contributed by atoms with Gasteiger partial charge in [0, 0.05) is 11.3 Å². The zero-order valence-corrected chi connectivity index (χ0v) is 19.9. The third-order valence-electron chi connectivity index (χ3n) is 6.09. The second kappa shape index (κ2) is 10.6. The molecular formula is C24H26N4O8. The SMILES string of the molecule is COC(=O)CC(=O)NCC1CN(c2ccc3c(c2)CCCc2cnn(C(=O)CC(=O)OC)c2-3)C(=O)O1. The number of cyclic esters (lactones) is 1. The number of hydrogen-bond acceptors (Lipinski definition) is 9. The van der Waals surface area contributed by atoms with Crippen LogP contribution in [0.1, 0.15) is 35.2 Å². The third kappa shape index (κ3) is 5.21. The standard InChI is InChI=1S/C24H26N4O8/c1-34-21(31)9-19(29)25-12-17-13-27(24(33)36-17)16-6-7-18-14(8-16)4-3-5-15-11-26-28(23(15)18)20(30)10-22(32)35-2/h6-8,11,17H,3-5,9-10,12-13H2,1-2H3,(H,25,29). The highest BCUT2D eigenvalue weighted by atomic mass is 16.6. The van der Waals surface area contributed by atoms with Gasteiger partial charge < -0.3 is 19.5 Å². The van der Waals surface area contributed by atoms with Crippen molar-refractivity contribution in [2.45, 2.75) is 38.2 Å². The van der Waals surface area contributed by atoms with Crippen molar-refractivity contribution in [2.75, 3.05) is 32.2 Å². The molecule has 2 aliphatic rings. The summed E-state index contributed by atoms with van der Waals surface area (Å²) in [6.07, 6.45) is 1.94. The number of carbonyl (C=O) groups excluding carboxylic acids is 5. The van der Waals surface area contributed by atoms with E-state index in [4.69, 9.17) is 4.74 Å². The molecule has 12 nitrogen and oxygen atoms in total. The number of aromatic nitrogens is 2. The van der Waals surface area contributed by atoms with E-state index in [0.29, 0.717) is 17.8 Å². The lowest BCUT2D eigenvalue weighted by Crippen LogP contribution is -2.35. The summed E-state index contributed by atoms with van der Waals surface area (Å²) in [5.41, 5.74) is 3.90. The number of methoxy groups -OCH3 is 2. The molecule has 2 amide bonds. The third-order valence-corrected chi connectivity index (χ3v) is 6.09. The first-order chi connectivity index (χ1) is 17.3. The van der Waals surface area contributed by atoms with E-state index in [2.05, 4.69) is 19.9 Å². The second-order valence-electron chi connectivity index (χ2n) is 8.45. The smallest absolute Gasteiger partial charge is 0.414 e. The highest BCUT2D eigenvalue weighted by Gasteiger charge is 2.33. The normalized spacial score (nSPS) is 16.3. The van der Waals surface area contributed by atoms with Crippen molar-refractivity contribution in [3.05, 3.63) is 35.5 Å². The van der Waals surface area contributed by atoms with Crippen LogP contribution < -0.4 is 10.2 Å².